The highest BCUT2D eigenvalue weighted by molar-refractivity contribution is 6.30. The molecule has 152 valence electrons. The maximum atomic E-state index is 13.6. The van der Waals surface area contributed by atoms with Gasteiger partial charge in [-0.15, -0.1) is 0 Å². The highest BCUT2D eigenvalue weighted by Crippen LogP contribution is 2.35. The Bertz CT molecular complexity index is 929. The Kier molecular flexibility index (Phi) is 4.99. The molecule has 0 aliphatic heterocycles. The van der Waals surface area contributed by atoms with Gasteiger partial charge in [0.15, 0.2) is 5.65 Å². The van der Waals surface area contributed by atoms with E-state index in [2.05, 4.69) is 15.4 Å². The predicted molar refractivity (Wildman–Crippen MR) is 103 cm³/mol. The maximum Gasteiger partial charge on any atom is 0.415 e. The van der Waals surface area contributed by atoms with E-state index < -0.39 is 23.3 Å². The Labute approximate surface area is 167 Å². The zero-order valence-electron chi connectivity index (χ0n) is 16.4. The summed E-state index contributed by atoms with van der Waals surface area (Å²) in [6.07, 6.45) is 1.26. The van der Waals surface area contributed by atoms with Gasteiger partial charge in [0.25, 0.3) is 5.91 Å². The van der Waals surface area contributed by atoms with Crippen molar-refractivity contribution in [3.63, 3.8) is 0 Å². The minimum Gasteiger partial charge on any atom is -0.443 e. The SMILES string of the molecule is CN(C(=O)OC(C)(C)C)c1cc(Cl)nc2c(C(=O)NC3CC(C)(F)C3)cnn12. The summed E-state index contributed by atoms with van der Waals surface area (Å²) in [4.78, 5) is 30.4. The number of nitrogens with one attached hydrogen (secondary N) is 1. The molecule has 2 amide bonds. The van der Waals surface area contributed by atoms with Crippen LogP contribution in [0, 0.1) is 0 Å². The molecule has 1 fully saturated rings. The molecule has 0 spiro atoms. The molecule has 2 aromatic rings. The van der Waals surface area contributed by atoms with Crippen molar-refractivity contribution in [2.75, 3.05) is 11.9 Å². The van der Waals surface area contributed by atoms with E-state index in [1.807, 2.05) is 0 Å². The normalized spacial score (nSPS) is 21.9. The largest absolute Gasteiger partial charge is 0.443 e. The number of alkyl halides is 1. The molecule has 1 N–H and O–H groups in total. The first-order valence-electron chi connectivity index (χ1n) is 8.87. The lowest BCUT2D eigenvalue weighted by molar-refractivity contribution is 0.0445. The molecule has 8 nitrogen and oxygen atoms in total. The Morgan fingerprint density at radius 2 is 2.07 bits per heavy atom. The molecule has 1 aliphatic carbocycles. The van der Waals surface area contributed by atoms with Crippen molar-refractivity contribution in [1.82, 2.24) is 19.9 Å². The number of aromatic nitrogens is 3. The summed E-state index contributed by atoms with van der Waals surface area (Å²) < 4.78 is 20.3. The van der Waals surface area contributed by atoms with Gasteiger partial charge >= 0.3 is 6.09 Å². The predicted octanol–water partition coefficient (Wildman–Crippen LogP) is 3.37. The maximum absolute atomic E-state index is 13.6. The van der Waals surface area contributed by atoms with Crippen LogP contribution in [0.25, 0.3) is 5.65 Å². The second kappa shape index (κ2) is 6.88. The minimum atomic E-state index is -1.25. The molecule has 0 saturated heterocycles. The van der Waals surface area contributed by atoms with Crippen LogP contribution in [-0.2, 0) is 4.74 Å². The monoisotopic (exact) mass is 411 g/mol. The van der Waals surface area contributed by atoms with Gasteiger partial charge in [-0.05, 0) is 27.7 Å². The Hall–Kier alpha value is -2.42. The Morgan fingerprint density at radius 1 is 1.43 bits per heavy atom. The molecule has 0 bridgehead atoms. The lowest BCUT2D eigenvalue weighted by atomic mass is 9.79. The fourth-order valence-electron chi connectivity index (χ4n) is 3.07. The minimum absolute atomic E-state index is 0.0902. The number of fused-ring (bicyclic) bond motifs is 1. The van der Waals surface area contributed by atoms with E-state index in [0.29, 0.717) is 5.82 Å². The third-order valence-corrected chi connectivity index (χ3v) is 4.55. The van der Waals surface area contributed by atoms with Crippen LogP contribution in [0.3, 0.4) is 0 Å². The van der Waals surface area contributed by atoms with Crippen molar-refractivity contribution in [3.8, 4) is 0 Å². The average molecular weight is 412 g/mol. The number of hydrogen-bond acceptors (Lipinski definition) is 5. The molecule has 1 aliphatic rings. The van der Waals surface area contributed by atoms with Crippen molar-refractivity contribution in [2.45, 2.75) is 57.8 Å². The molecule has 2 aromatic heterocycles. The fourth-order valence-corrected chi connectivity index (χ4v) is 3.25. The van der Waals surface area contributed by atoms with E-state index in [4.69, 9.17) is 16.3 Å². The first-order chi connectivity index (χ1) is 12.9. The van der Waals surface area contributed by atoms with Gasteiger partial charge in [0.05, 0.1) is 6.20 Å². The molecule has 0 atom stereocenters. The van der Waals surface area contributed by atoms with Gasteiger partial charge in [-0.1, -0.05) is 11.6 Å². The quantitative estimate of drug-likeness (QED) is 0.782. The third-order valence-electron chi connectivity index (χ3n) is 4.36. The zero-order valence-corrected chi connectivity index (χ0v) is 17.2. The number of carbonyl (C=O) groups is 2. The van der Waals surface area contributed by atoms with Gasteiger partial charge in [0.2, 0.25) is 0 Å². The summed E-state index contributed by atoms with van der Waals surface area (Å²) in [6, 6.07) is 1.22. The number of halogens is 2. The van der Waals surface area contributed by atoms with E-state index in [-0.39, 0.29) is 35.2 Å². The van der Waals surface area contributed by atoms with E-state index in [1.165, 1.54) is 35.6 Å². The smallest absolute Gasteiger partial charge is 0.415 e. The van der Waals surface area contributed by atoms with Gasteiger partial charge < -0.3 is 10.1 Å². The molecule has 10 heteroatoms. The first kappa shape index (κ1) is 20.3. The van der Waals surface area contributed by atoms with Crippen LogP contribution < -0.4 is 10.2 Å². The third kappa shape index (κ3) is 4.19. The van der Waals surface area contributed by atoms with Gasteiger partial charge in [0.1, 0.15) is 27.8 Å². The fraction of sp³-hybridized carbons (Fsp3) is 0.556. The Balaban J connectivity index is 1.88. The van der Waals surface area contributed by atoms with E-state index in [1.54, 1.807) is 20.8 Å². The number of rotatable bonds is 3. The van der Waals surface area contributed by atoms with Crippen molar-refractivity contribution in [1.29, 1.82) is 0 Å². The van der Waals surface area contributed by atoms with Crippen LogP contribution in [0.1, 0.15) is 50.9 Å². The van der Waals surface area contributed by atoms with Crippen LogP contribution in [0.15, 0.2) is 12.3 Å². The average Bonchev–Trinajstić information content (AvgIpc) is 2.93. The summed E-state index contributed by atoms with van der Waals surface area (Å²) >= 11 is 6.11. The number of amides is 2. The Morgan fingerprint density at radius 3 is 2.64 bits per heavy atom. The molecule has 28 heavy (non-hydrogen) atoms. The number of hydrogen-bond donors (Lipinski definition) is 1. The van der Waals surface area contributed by atoms with E-state index in [9.17, 15) is 14.0 Å². The zero-order chi connectivity index (χ0) is 20.9. The highest BCUT2D eigenvalue weighted by Gasteiger charge is 2.41. The number of nitrogens with zero attached hydrogens (tertiary/aromatic N) is 4. The highest BCUT2D eigenvalue weighted by atomic mass is 35.5. The van der Waals surface area contributed by atoms with Gasteiger partial charge in [-0.2, -0.15) is 9.61 Å². The molecular formula is C18H23ClFN5O3. The van der Waals surface area contributed by atoms with Crippen LogP contribution >= 0.6 is 11.6 Å². The van der Waals surface area contributed by atoms with E-state index in [0.717, 1.165) is 0 Å². The van der Waals surface area contributed by atoms with Crippen molar-refractivity contribution < 1.29 is 18.7 Å². The molecule has 2 heterocycles. The molecule has 0 unspecified atom stereocenters. The number of anilines is 1. The van der Waals surface area contributed by atoms with Gasteiger partial charge in [-0.3, -0.25) is 9.69 Å². The number of carbonyl (C=O) groups excluding carboxylic acids is 2. The standard InChI is InChI=1S/C18H23ClFN5O3/c1-17(2,3)28-16(27)24(5)13-6-12(19)23-14-11(9-21-25(13)14)15(26)22-10-7-18(4,20)8-10/h6,9-10H,7-8H2,1-5H3,(H,22,26). The summed E-state index contributed by atoms with van der Waals surface area (Å²) in [6.45, 7) is 6.78. The lowest BCUT2D eigenvalue weighted by Crippen LogP contribution is -2.51. The summed E-state index contributed by atoms with van der Waals surface area (Å²) in [5.74, 6) is -0.126. The topological polar surface area (TPSA) is 88.8 Å². The van der Waals surface area contributed by atoms with Crippen molar-refractivity contribution in [3.05, 3.63) is 23.0 Å². The van der Waals surface area contributed by atoms with Gasteiger partial charge in [0, 0.05) is 32.0 Å². The van der Waals surface area contributed by atoms with Gasteiger partial charge in [-0.25, -0.2) is 14.2 Å². The van der Waals surface area contributed by atoms with Crippen LogP contribution in [-0.4, -0.2) is 51.0 Å². The lowest BCUT2D eigenvalue weighted by Gasteiger charge is -2.38. The van der Waals surface area contributed by atoms with Crippen LogP contribution in [0.2, 0.25) is 5.15 Å². The van der Waals surface area contributed by atoms with Crippen molar-refractivity contribution in [2.24, 2.45) is 0 Å². The van der Waals surface area contributed by atoms with E-state index >= 15 is 0 Å². The summed E-state index contributed by atoms with van der Waals surface area (Å²) in [5, 5.41) is 7.03. The molecule has 0 radical (unpaired) electrons. The first-order valence-corrected chi connectivity index (χ1v) is 9.25. The number of ether oxygens (including phenoxy) is 1. The summed E-state index contributed by atoms with van der Waals surface area (Å²) in [7, 11) is 1.51. The molecule has 3 rings (SSSR count). The second-order valence-electron chi connectivity index (χ2n) is 8.26. The summed E-state index contributed by atoms with van der Waals surface area (Å²) in [5.41, 5.74) is -1.54. The van der Waals surface area contributed by atoms with Crippen molar-refractivity contribution >= 4 is 35.1 Å². The molecule has 0 aromatic carbocycles. The van der Waals surface area contributed by atoms with Crippen LogP contribution in [0.4, 0.5) is 15.0 Å². The second-order valence-corrected chi connectivity index (χ2v) is 8.65. The molecule has 1 saturated carbocycles. The van der Waals surface area contributed by atoms with Crippen LogP contribution in [0.5, 0.6) is 0 Å². The molecular weight excluding hydrogens is 389 g/mol.